The first-order valence-corrected chi connectivity index (χ1v) is 7.51. The van der Waals surface area contributed by atoms with E-state index in [1.807, 2.05) is 12.1 Å². The molecule has 0 bridgehead atoms. The highest BCUT2D eigenvalue weighted by molar-refractivity contribution is 6.01. The minimum absolute atomic E-state index is 0.315. The smallest absolute Gasteiger partial charge is 0.324 e. The number of hydrogen-bond acceptors (Lipinski definition) is 4. The van der Waals surface area contributed by atoms with Gasteiger partial charge in [-0.3, -0.25) is 10.3 Å². The average Bonchev–Trinajstić information content (AvgIpc) is 2.57. The normalized spacial score (nSPS) is 14.5. The van der Waals surface area contributed by atoms with Gasteiger partial charge in [-0.2, -0.15) is 0 Å². The molecule has 3 rings (SSSR count). The van der Waals surface area contributed by atoms with Crippen molar-refractivity contribution in [3.63, 3.8) is 0 Å². The van der Waals surface area contributed by atoms with Crippen LogP contribution in [0.3, 0.4) is 0 Å². The third-order valence-electron chi connectivity index (χ3n) is 3.65. The zero-order valence-corrected chi connectivity index (χ0v) is 12.3. The Morgan fingerprint density at radius 3 is 2.68 bits per heavy atom. The summed E-state index contributed by atoms with van der Waals surface area (Å²) in [6.07, 6.45) is 8.71. The fourth-order valence-corrected chi connectivity index (χ4v) is 2.60. The highest BCUT2D eigenvalue weighted by Gasteiger charge is 2.15. The number of amides is 2. The number of nitrogens with zero attached hydrogens (tertiary/aromatic N) is 3. The molecule has 0 spiro atoms. The molecule has 0 atom stereocenters. The summed E-state index contributed by atoms with van der Waals surface area (Å²) in [4.78, 5) is 22.6. The van der Waals surface area contributed by atoms with Crippen LogP contribution in [0.15, 0.2) is 42.9 Å². The van der Waals surface area contributed by atoms with E-state index in [2.05, 4.69) is 25.5 Å². The lowest BCUT2D eigenvalue weighted by Crippen LogP contribution is -2.31. The molecule has 1 aliphatic heterocycles. The van der Waals surface area contributed by atoms with Gasteiger partial charge in [0.25, 0.3) is 0 Å². The molecule has 1 aliphatic rings. The quantitative estimate of drug-likeness (QED) is 0.913. The fraction of sp³-hybridized carbons (Fsp3) is 0.312. The van der Waals surface area contributed by atoms with E-state index in [9.17, 15) is 4.79 Å². The van der Waals surface area contributed by atoms with Gasteiger partial charge in [-0.25, -0.2) is 9.78 Å². The van der Waals surface area contributed by atoms with Gasteiger partial charge in [0.2, 0.25) is 0 Å². The molecule has 1 fully saturated rings. The lowest BCUT2D eigenvalue weighted by Gasteiger charge is -2.30. The summed E-state index contributed by atoms with van der Waals surface area (Å²) in [5.41, 5.74) is 1.74. The molecule has 6 heteroatoms. The van der Waals surface area contributed by atoms with Gasteiger partial charge in [0, 0.05) is 25.5 Å². The van der Waals surface area contributed by atoms with E-state index in [0.29, 0.717) is 5.82 Å². The fourth-order valence-electron chi connectivity index (χ4n) is 2.60. The van der Waals surface area contributed by atoms with Crippen molar-refractivity contribution in [2.24, 2.45) is 0 Å². The number of nitrogens with one attached hydrogen (secondary N) is 2. The largest absolute Gasteiger partial charge is 0.370 e. The highest BCUT2D eigenvalue weighted by atomic mass is 16.2. The van der Waals surface area contributed by atoms with E-state index in [4.69, 9.17) is 0 Å². The Morgan fingerprint density at radius 1 is 1.05 bits per heavy atom. The van der Waals surface area contributed by atoms with Gasteiger partial charge in [-0.05, 0) is 37.5 Å². The molecule has 1 saturated heterocycles. The number of hydrogen-bond donors (Lipinski definition) is 2. The number of carbonyl (C=O) groups is 1. The van der Waals surface area contributed by atoms with E-state index in [1.54, 1.807) is 30.7 Å². The van der Waals surface area contributed by atoms with Crippen molar-refractivity contribution in [3.05, 3.63) is 42.9 Å². The third kappa shape index (κ3) is 3.52. The van der Waals surface area contributed by atoms with E-state index in [0.717, 1.165) is 24.5 Å². The van der Waals surface area contributed by atoms with Crippen molar-refractivity contribution in [2.75, 3.05) is 28.6 Å². The van der Waals surface area contributed by atoms with E-state index in [-0.39, 0.29) is 6.03 Å². The van der Waals surface area contributed by atoms with Gasteiger partial charge in [-0.15, -0.1) is 0 Å². The van der Waals surface area contributed by atoms with Crippen LogP contribution in [0.4, 0.5) is 22.0 Å². The Morgan fingerprint density at radius 2 is 1.91 bits per heavy atom. The predicted octanol–water partition coefficient (Wildman–Crippen LogP) is 3.11. The van der Waals surface area contributed by atoms with Crippen LogP contribution >= 0.6 is 0 Å². The Hall–Kier alpha value is -2.63. The molecule has 2 N–H and O–H groups in total. The zero-order chi connectivity index (χ0) is 15.2. The van der Waals surface area contributed by atoms with Crippen molar-refractivity contribution >= 4 is 23.2 Å². The molecule has 2 aromatic heterocycles. The predicted molar refractivity (Wildman–Crippen MR) is 87.2 cm³/mol. The number of anilines is 3. The topological polar surface area (TPSA) is 70.1 Å². The molecule has 0 aromatic carbocycles. The van der Waals surface area contributed by atoms with Crippen LogP contribution in [0, 0.1) is 0 Å². The second-order valence-electron chi connectivity index (χ2n) is 5.23. The first-order chi connectivity index (χ1) is 10.8. The molecular weight excluding hydrogens is 278 g/mol. The highest BCUT2D eigenvalue weighted by Crippen LogP contribution is 2.27. The van der Waals surface area contributed by atoms with Gasteiger partial charge in [0.15, 0.2) is 0 Å². The first kappa shape index (κ1) is 14.3. The van der Waals surface area contributed by atoms with Crippen LogP contribution in [0.2, 0.25) is 0 Å². The van der Waals surface area contributed by atoms with Crippen molar-refractivity contribution < 1.29 is 4.79 Å². The summed E-state index contributed by atoms with van der Waals surface area (Å²) in [6, 6.07) is 7.01. The number of piperidine rings is 1. The number of rotatable bonds is 3. The lowest BCUT2D eigenvalue weighted by atomic mass is 10.1. The van der Waals surface area contributed by atoms with Gasteiger partial charge in [-0.1, -0.05) is 6.07 Å². The van der Waals surface area contributed by atoms with Crippen LogP contribution in [0.25, 0.3) is 0 Å². The standard InChI is InChI=1S/C16H19N5O/c22-16(20-15-6-2-3-8-18-15)19-13-12-17-9-7-14(13)21-10-4-1-5-11-21/h2-3,6-9,12H,1,4-5,10-11H2,(H2,18,19,20,22). The SMILES string of the molecule is O=C(Nc1ccccn1)Nc1cnccc1N1CCCCC1. The van der Waals surface area contributed by atoms with Crippen LogP contribution in [-0.4, -0.2) is 29.1 Å². The molecule has 0 unspecified atom stereocenters. The molecule has 2 aromatic rings. The molecule has 0 saturated carbocycles. The van der Waals surface area contributed by atoms with Crippen LogP contribution in [0.5, 0.6) is 0 Å². The van der Waals surface area contributed by atoms with Gasteiger partial charge < -0.3 is 10.2 Å². The average molecular weight is 297 g/mol. The number of pyridine rings is 2. The Balaban J connectivity index is 1.70. The summed E-state index contributed by atoms with van der Waals surface area (Å²) in [6.45, 7) is 2.03. The minimum atomic E-state index is -0.315. The van der Waals surface area contributed by atoms with Crippen molar-refractivity contribution in [1.82, 2.24) is 9.97 Å². The van der Waals surface area contributed by atoms with Crippen molar-refractivity contribution in [2.45, 2.75) is 19.3 Å². The zero-order valence-electron chi connectivity index (χ0n) is 12.3. The molecule has 3 heterocycles. The number of carbonyl (C=O) groups excluding carboxylic acids is 1. The Kier molecular flexibility index (Phi) is 4.48. The van der Waals surface area contributed by atoms with Crippen molar-refractivity contribution in [1.29, 1.82) is 0 Å². The van der Waals surface area contributed by atoms with Gasteiger partial charge >= 0.3 is 6.03 Å². The van der Waals surface area contributed by atoms with Crippen LogP contribution in [-0.2, 0) is 0 Å². The molecule has 0 radical (unpaired) electrons. The van der Waals surface area contributed by atoms with Crippen LogP contribution in [0.1, 0.15) is 19.3 Å². The van der Waals surface area contributed by atoms with Gasteiger partial charge in [0.1, 0.15) is 5.82 Å². The summed E-state index contributed by atoms with van der Waals surface area (Å²) in [7, 11) is 0. The maximum Gasteiger partial charge on any atom is 0.324 e. The van der Waals surface area contributed by atoms with Gasteiger partial charge in [0.05, 0.1) is 17.6 Å². The molecule has 114 valence electrons. The molecule has 2 amide bonds. The Bertz CT molecular complexity index is 625. The summed E-state index contributed by atoms with van der Waals surface area (Å²) >= 11 is 0. The second-order valence-corrected chi connectivity index (χ2v) is 5.23. The summed E-state index contributed by atoms with van der Waals surface area (Å²) < 4.78 is 0. The molecule has 22 heavy (non-hydrogen) atoms. The maximum atomic E-state index is 12.1. The van der Waals surface area contributed by atoms with E-state index < -0.39 is 0 Å². The first-order valence-electron chi connectivity index (χ1n) is 7.51. The monoisotopic (exact) mass is 297 g/mol. The van der Waals surface area contributed by atoms with Crippen LogP contribution < -0.4 is 15.5 Å². The third-order valence-corrected chi connectivity index (χ3v) is 3.65. The second kappa shape index (κ2) is 6.89. The molecule has 6 nitrogen and oxygen atoms in total. The summed E-state index contributed by atoms with van der Waals surface area (Å²) in [5, 5.41) is 5.58. The number of urea groups is 1. The Labute approximate surface area is 129 Å². The summed E-state index contributed by atoms with van der Waals surface area (Å²) in [5.74, 6) is 0.517. The molecular formula is C16H19N5O. The van der Waals surface area contributed by atoms with E-state index >= 15 is 0 Å². The lowest BCUT2D eigenvalue weighted by molar-refractivity contribution is 0.262. The number of aromatic nitrogens is 2. The minimum Gasteiger partial charge on any atom is -0.370 e. The van der Waals surface area contributed by atoms with Crippen molar-refractivity contribution in [3.8, 4) is 0 Å². The maximum absolute atomic E-state index is 12.1. The molecule has 0 aliphatic carbocycles. The van der Waals surface area contributed by atoms with E-state index in [1.165, 1.54) is 19.3 Å².